The van der Waals surface area contributed by atoms with Crippen molar-refractivity contribution in [1.82, 2.24) is 14.9 Å². The fourth-order valence-corrected chi connectivity index (χ4v) is 3.54. The largest absolute Gasteiger partial charge is 0.481 e. The number of aliphatic carboxylic acids is 1. The second kappa shape index (κ2) is 6.18. The number of aromatic nitrogens is 2. The fourth-order valence-electron chi connectivity index (χ4n) is 3.54. The predicted molar refractivity (Wildman–Crippen MR) is 81.8 cm³/mol. The van der Waals surface area contributed by atoms with Crippen molar-refractivity contribution in [2.75, 3.05) is 0 Å². The van der Waals surface area contributed by atoms with Gasteiger partial charge in [-0.3, -0.25) is 4.79 Å². The van der Waals surface area contributed by atoms with Gasteiger partial charge in [0.2, 0.25) is 0 Å². The summed E-state index contributed by atoms with van der Waals surface area (Å²) in [6, 6.07) is 0.357. The average Bonchev–Trinajstić information content (AvgIpc) is 2.87. The third-order valence-electron chi connectivity index (χ3n) is 5.42. The Morgan fingerprint density at radius 2 is 2.24 bits per heavy atom. The van der Waals surface area contributed by atoms with Gasteiger partial charge in [-0.1, -0.05) is 20.8 Å². The summed E-state index contributed by atoms with van der Waals surface area (Å²) in [6.45, 7) is 10.2. The van der Waals surface area contributed by atoms with Crippen molar-refractivity contribution in [3.8, 4) is 0 Å². The highest BCUT2D eigenvalue weighted by Crippen LogP contribution is 2.45. The van der Waals surface area contributed by atoms with Crippen molar-refractivity contribution in [1.29, 1.82) is 0 Å². The van der Waals surface area contributed by atoms with Gasteiger partial charge in [-0.05, 0) is 31.1 Å². The van der Waals surface area contributed by atoms with E-state index >= 15 is 0 Å². The minimum atomic E-state index is -0.658. The summed E-state index contributed by atoms with van der Waals surface area (Å²) in [5.41, 5.74) is 0.995. The van der Waals surface area contributed by atoms with Crippen LogP contribution in [-0.4, -0.2) is 26.7 Å². The van der Waals surface area contributed by atoms with Gasteiger partial charge in [-0.2, -0.15) is 0 Å². The standard InChI is InChI=1S/C16H27N3O2/c1-5-19-10-17-8-12(19)9-18-14-7-6-13(15(20)21)16(3,4)11(14)2/h8,10-11,13-14,18H,5-7,9H2,1-4H3,(H,20,21). The normalized spacial score (nSPS) is 28.5. The number of carboxylic acid groups (broad SMARTS) is 1. The van der Waals surface area contributed by atoms with Crippen LogP contribution in [0, 0.1) is 17.3 Å². The number of aryl methyl sites for hydroxylation is 1. The van der Waals surface area contributed by atoms with Crippen LogP contribution in [0.2, 0.25) is 0 Å². The Hall–Kier alpha value is -1.36. The third kappa shape index (κ3) is 3.12. The van der Waals surface area contributed by atoms with Gasteiger partial charge in [-0.15, -0.1) is 0 Å². The minimum Gasteiger partial charge on any atom is -0.481 e. The Kier molecular flexibility index (Phi) is 4.71. The highest BCUT2D eigenvalue weighted by Gasteiger charge is 2.46. The van der Waals surface area contributed by atoms with Gasteiger partial charge < -0.3 is 15.0 Å². The van der Waals surface area contributed by atoms with Gasteiger partial charge in [0.05, 0.1) is 17.9 Å². The van der Waals surface area contributed by atoms with Gasteiger partial charge in [-0.25, -0.2) is 4.98 Å². The maximum Gasteiger partial charge on any atom is 0.307 e. The Balaban J connectivity index is 2.01. The van der Waals surface area contributed by atoms with Crippen molar-refractivity contribution in [3.05, 3.63) is 18.2 Å². The topological polar surface area (TPSA) is 67.2 Å². The van der Waals surface area contributed by atoms with E-state index in [4.69, 9.17) is 0 Å². The van der Waals surface area contributed by atoms with Crippen molar-refractivity contribution < 1.29 is 9.90 Å². The van der Waals surface area contributed by atoms with E-state index in [0.717, 1.165) is 25.9 Å². The van der Waals surface area contributed by atoms with E-state index in [2.05, 4.69) is 42.6 Å². The van der Waals surface area contributed by atoms with Gasteiger partial charge in [0.1, 0.15) is 0 Å². The molecular weight excluding hydrogens is 266 g/mol. The zero-order valence-corrected chi connectivity index (χ0v) is 13.5. The first-order chi connectivity index (χ1) is 9.87. The molecule has 1 heterocycles. The van der Waals surface area contributed by atoms with E-state index in [0.29, 0.717) is 12.0 Å². The molecule has 0 amide bonds. The molecule has 3 unspecified atom stereocenters. The highest BCUT2D eigenvalue weighted by molar-refractivity contribution is 5.71. The molecule has 2 rings (SSSR count). The lowest BCUT2D eigenvalue weighted by Crippen LogP contribution is -2.50. The SMILES string of the molecule is CCn1cncc1CNC1CCC(C(=O)O)C(C)(C)C1C. The molecule has 21 heavy (non-hydrogen) atoms. The van der Waals surface area contributed by atoms with E-state index in [1.807, 2.05) is 12.5 Å². The van der Waals surface area contributed by atoms with Crippen LogP contribution in [0.4, 0.5) is 0 Å². The van der Waals surface area contributed by atoms with Gasteiger partial charge >= 0.3 is 5.97 Å². The van der Waals surface area contributed by atoms with Crippen LogP contribution in [0.15, 0.2) is 12.5 Å². The number of hydrogen-bond donors (Lipinski definition) is 2. The number of nitrogens with one attached hydrogen (secondary N) is 1. The number of rotatable bonds is 5. The molecule has 1 aliphatic carbocycles. The Morgan fingerprint density at radius 3 is 2.86 bits per heavy atom. The van der Waals surface area contributed by atoms with Crippen LogP contribution in [0.25, 0.3) is 0 Å². The lowest BCUT2D eigenvalue weighted by Gasteiger charge is -2.46. The number of imidazole rings is 1. The van der Waals surface area contributed by atoms with Crippen molar-refractivity contribution >= 4 is 5.97 Å². The van der Waals surface area contributed by atoms with Crippen LogP contribution in [0.5, 0.6) is 0 Å². The van der Waals surface area contributed by atoms with Crippen LogP contribution in [-0.2, 0) is 17.9 Å². The summed E-state index contributed by atoms with van der Waals surface area (Å²) < 4.78 is 2.13. The number of carboxylic acids is 1. The number of nitrogens with zero attached hydrogens (tertiary/aromatic N) is 2. The predicted octanol–water partition coefficient (Wildman–Crippen LogP) is 2.52. The van der Waals surface area contributed by atoms with Crippen LogP contribution >= 0.6 is 0 Å². The molecule has 5 heteroatoms. The number of carbonyl (C=O) groups is 1. The lowest BCUT2D eigenvalue weighted by molar-refractivity contribution is -0.150. The lowest BCUT2D eigenvalue weighted by atomic mass is 9.61. The van der Waals surface area contributed by atoms with Crippen LogP contribution in [0.1, 0.15) is 46.2 Å². The minimum absolute atomic E-state index is 0.188. The summed E-state index contributed by atoms with van der Waals surface area (Å²) in [4.78, 5) is 15.6. The van der Waals surface area contributed by atoms with Crippen molar-refractivity contribution in [2.24, 2.45) is 17.3 Å². The molecule has 0 aliphatic heterocycles. The third-order valence-corrected chi connectivity index (χ3v) is 5.42. The van der Waals surface area contributed by atoms with E-state index < -0.39 is 5.97 Å². The second-order valence-electron chi connectivity index (χ2n) is 6.74. The van der Waals surface area contributed by atoms with Crippen molar-refractivity contribution in [3.63, 3.8) is 0 Å². The van der Waals surface area contributed by atoms with E-state index in [9.17, 15) is 9.90 Å². The summed E-state index contributed by atoms with van der Waals surface area (Å²) in [5, 5.41) is 13.0. The molecule has 0 saturated heterocycles. The zero-order valence-electron chi connectivity index (χ0n) is 13.5. The maximum absolute atomic E-state index is 11.4. The summed E-state index contributed by atoms with van der Waals surface area (Å²) in [6.07, 6.45) is 5.42. The Bertz CT molecular complexity index is 495. The Labute approximate surface area is 126 Å². The molecule has 1 aromatic heterocycles. The summed E-state index contributed by atoms with van der Waals surface area (Å²) in [7, 11) is 0. The molecule has 0 aromatic carbocycles. The van der Waals surface area contributed by atoms with E-state index in [-0.39, 0.29) is 11.3 Å². The molecule has 0 bridgehead atoms. The molecule has 3 atom stereocenters. The smallest absolute Gasteiger partial charge is 0.307 e. The quantitative estimate of drug-likeness (QED) is 0.875. The molecule has 118 valence electrons. The molecule has 2 N–H and O–H groups in total. The monoisotopic (exact) mass is 293 g/mol. The summed E-state index contributed by atoms with van der Waals surface area (Å²) >= 11 is 0. The molecule has 1 fully saturated rings. The van der Waals surface area contributed by atoms with Crippen LogP contribution < -0.4 is 5.32 Å². The second-order valence-corrected chi connectivity index (χ2v) is 6.74. The fraction of sp³-hybridized carbons (Fsp3) is 0.750. The van der Waals surface area contributed by atoms with Gasteiger partial charge in [0, 0.05) is 25.3 Å². The first-order valence-electron chi connectivity index (χ1n) is 7.83. The van der Waals surface area contributed by atoms with Gasteiger partial charge in [0.25, 0.3) is 0 Å². The number of hydrogen-bond acceptors (Lipinski definition) is 3. The van der Waals surface area contributed by atoms with Crippen molar-refractivity contribution in [2.45, 2.75) is 59.7 Å². The van der Waals surface area contributed by atoms with E-state index in [1.165, 1.54) is 5.69 Å². The molecule has 1 saturated carbocycles. The van der Waals surface area contributed by atoms with Crippen LogP contribution in [0.3, 0.4) is 0 Å². The molecule has 1 aromatic rings. The molecule has 0 radical (unpaired) electrons. The Morgan fingerprint density at radius 1 is 1.52 bits per heavy atom. The average molecular weight is 293 g/mol. The summed E-state index contributed by atoms with van der Waals surface area (Å²) in [5.74, 6) is -0.577. The highest BCUT2D eigenvalue weighted by atomic mass is 16.4. The van der Waals surface area contributed by atoms with E-state index in [1.54, 1.807) is 0 Å². The molecule has 1 aliphatic rings. The molecular formula is C16H27N3O2. The van der Waals surface area contributed by atoms with Gasteiger partial charge in [0.15, 0.2) is 0 Å². The molecule has 0 spiro atoms. The zero-order chi connectivity index (χ0) is 15.6. The first-order valence-corrected chi connectivity index (χ1v) is 7.83. The molecule has 5 nitrogen and oxygen atoms in total. The first kappa shape index (κ1) is 16.0. The maximum atomic E-state index is 11.4.